The summed E-state index contributed by atoms with van der Waals surface area (Å²) in [5.74, 6) is 0.695. The molecule has 0 radical (unpaired) electrons. The van der Waals surface area contributed by atoms with Gasteiger partial charge in [0.25, 0.3) is 0 Å². The Morgan fingerprint density at radius 2 is 1.96 bits per heavy atom. The summed E-state index contributed by atoms with van der Waals surface area (Å²) in [4.78, 5) is 0. The van der Waals surface area contributed by atoms with E-state index in [1.54, 1.807) is 7.11 Å². The summed E-state index contributed by atoms with van der Waals surface area (Å²) in [6.07, 6.45) is 1.41. The van der Waals surface area contributed by atoms with Crippen molar-refractivity contribution in [1.29, 1.82) is 0 Å². The lowest BCUT2D eigenvalue weighted by molar-refractivity contribution is -0.0163. The van der Waals surface area contributed by atoms with Crippen molar-refractivity contribution in [3.63, 3.8) is 0 Å². The zero-order chi connectivity index (χ0) is 17.2. The summed E-state index contributed by atoms with van der Waals surface area (Å²) < 4.78 is 5.27. The first kappa shape index (κ1) is 17.3. The SMILES string of the molecule is COc1ccc(C(c2cccc(Cl)c2)[C@@]2(O)CCN[C@@H](C)C2)cc1. The van der Waals surface area contributed by atoms with Gasteiger partial charge in [0.15, 0.2) is 0 Å². The molecule has 0 aromatic heterocycles. The quantitative estimate of drug-likeness (QED) is 0.880. The topological polar surface area (TPSA) is 41.5 Å². The molecular weight excluding hydrogens is 322 g/mol. The highest BCUT2D eigenvalue weighted by molar-refractivity contribution is 6.30. The van der Waals surface area contributed by atoms with E-state index in [1.165, 1.54) is 0 Å². The monoisotopic (exact) mass is 345 g/mol. The molecule has 0 bridgehead atoms. The Hall–Kier alpha value is -1.55. The molecule has 1 aliphatic heterocycles. The molecule has 1 saturated heterocycles. The predicted molar refractivity (Wildman–Crippen MR) is 97.9 cm³/mol. The molecule has 0 spiro atoms. The lowest BCUT2D eigenvalue weighted by Gasteiger charge is -2.42. The van der Waals surface area contributed by atoms with E-state index in [-0.39, 0.29) is 12.0 Å². The largest absolute Gasteiger partial charge is 0.497 e. The van der Waals surface area contributed by atoms with Crippen LogP contribution in [0.4, 0.5) is 0 Å². The molecule has 1 heterocycles. The van der Waals surface area contributed by atoms with Gasteiger partial charge in [-0.2, -0.15) is 0 Å². The lowest BCUT2D eigenvalue weighted by atomic mass is 9.71. The van der Waals surface area contributed by atoms with Crippen LogP contribution in [-0.2, 0) is 0 Å². The van der Waals surface area contributed by atoms with E-state index in [1.807, 2.05) is 48.5 Å². The molecule has 0 amide bonds. The van der Waals surface area contributed by atoms with Gasteiger partial charge in [-0.15, -0.1) is 0 Å². The number of benzene rings is 2. The first-order valence-corrected chi connectivity index (χ1v) is 8.75. The van der Waals surface area contributed by atoms with Crippen LogP contribution in [0.5, 0.6) is 5.75 Å². The molecule has 24 heavy (non-hydrogen) atoms. The highest BCUT2D eigenvalue weighted by atomic mass is 35.5. The van der Waals surface area contributed by atoms with Crippen LogP contribution in [-0.4, -0.2) is 30.4 Å². The van der Waals surface area contributed by atoms with Crippen LogP contribution in [0.25, 0.3) is 0 Å². The van der Waals surface area contributed by atoms with Crippen molar-refractivity contribution in [3.8, 4) is 5.75 Å². The van der Waals surface area contributed by atoms with Crippen molar-refractivity contribution in [3.05, 3.63) is 64.7 Å². The van der Waals surface area contributed by atoms with Crippen molar-refractivity contribution >= 4 is 11.6 Å². The number of hydrogen-bond donors (Lipinski definition) is 2. The first-order chi connectivity index (χ1) is 11.5. The van der Waals surface area contributed by atoms with Gasteiger partial charge in [-0.1, -0.05) is 35.9 Å². The molecule has 1 fully saturated rings. The van der Waals surface area contributed by atoms with Gasteiger partial charge in [0.2, 0.25) is 0 Å². The maximum Gasteiger partial charge on any atom is 0.118 e. The predicted octanol–water partition coefficient (Wildman–Crippen LogP) is 3.98. The number of piperidine rings is 1. The average molecular weight is 346 g/mol. The molecule has 2 aromatic carbocycles. The average Bonchev–Trinajstić information content (AvgIpc) is 2.55. The third-order valence-corrected chi connectivity index (χ3v) is 5.11. The summed E-state index contributed by atoms with van der Waals surface area (Å²) >= 11 is 6.22. The van der Waals surface area contributed by atoms with E-state index >= 15 is 0 Å². The fourth-order valence-electron chi connectivity index (χ4n) is 3.80. The van der Waals surface area contributed by atoms with Crippen molar-refractivity contribution < 1.29 is 9.84 Å². The molecule has 2 N–H and O–H groups in total. The summed E-state index contributed by atoms with van der Waals surface area (Å²) in [6, 6.07) is 16.1. The van der Waals surface area contributed by atoms with E-state index < -0.39 is 5.60 Å². The fraction of sp³-hybridized carbons (Fsp3) is 0.400. The molecule has 2 aromatic rings. The number of aliphatic hydroxyl groups is 1. The first-order valence-electron chi connectivity index (χ1n) is 8.37. The second-order valence-electron chi connectivity index (χ2n) is 6.67. The molecular formula is C20H24ClNO2. The number of hydrogen-bond acceptors (Lipinski definition) is 3. The van der Waals surface area contributed by atoms with Gasteiger partial charge in [-0.3, -0.25) is 0 Å². The van der Waals surface area contributed by atoms with Crippen LogP contribution < -0.4 is 10.1 Å². The second-order valence-corrected chi connectivity index (χ2v) is 7.11. The number of methoxy groups -OCH3 is 1. The molecule has 128 valence electrons. The minimum atomic E-state index is -0.802. The minimum absolute atomic E-state index is 0.119. The van der Waals surface area contributed by atoms with Crippen LogP contribution in [0.1, 0.15) is 36.8 Å². The molecule has 3 nitrogen and oxygen atoms in total. The smallest absolute Gasteiger partial charge is 0.118 e. The van der Waals surface area contributed by atoms with Crippen molar-refractivity contribution in [2.45, 2.75) is 37.3 Å². The number of halogens is 1. The maximum absolute atomic E-state index is 11.5. The van der Waals surface area contributed by atoms with E-state index in [4.69, 9.17) is 16.3 Å². The van der Waals surface area contributed by atoms with Gasteiger partial charge in [0, 0.05) is 17.0 Å². The Balaban J connectivity index is 2.06. The van der Waals surface area contributed by atoms with Gasteiger partial charge >= 0.3 is 0 Å². The minimum Gasteiger partial charge on any atom is -0.497 e. The van der Waals surface area contributed by atoms with E-state index in [0.717, 1.165) is 23.4 Å². The van der Waals surface area contributed by atoms with Gasteiger partial charge in [0.1, 0.15) is 5.75 Å². The normalized spacial score (nSPS) is 25.2. The second kappa shape index (κ2) is 7.14. The van der Waals surface area contributed by atoms with E-state index in [9.17, 15) is 5.11 Å². The third kappa shape index (κ3) is 3.59. The van der Waals surface area contributed by atoms with Crippen LogP contribution in [0.2, 0.25) is 5.02 Å². The molecule has 0 aliphatic carbocycles. The number of ether oxygens (including phenoxy) is 1. The summed E-state index contributed by atoms with van der Waals surface area (Å²) in [5, 5.41) is 15.6. The summed E-state index contributed by atoms with van der Waals surface area (Å²) in [7, 11) is 1.66. The van der Waals surface area contributed by atoms with Crippen LogP contribution in [0.15, 0.2) is 48.5 Å². The molecule has 1 aliphatic rings. The van der Waals surface area contributed by atoms with E-state index in [2.05, 4.69) is 12.2 Å². The van der Waals surface area contributed by atoms with Crippen molar-refractivity contribution in [1.82, 2.24) is 5.32 Å². The highest BCUT2D eigenvalue weighted by Crippen LogP contribution is 2.42. The van der Waals surface area contributed by atoms with Gasteiger partial charge in [0.05, 0.1) is 12.7 Å². The summed E-state index contributed by atoms with van der Waals surface area (Å²) in [6.45, 7) is 2.93. The van der Waals surface area contributed by atoms with Crippen LogP contribution in [0, 0.1) is 0 Å². The van der Waals surface area contributed by atoms with Gasteiger partial charge < -0.3 is 15.2 Å². The number of nitrogens with one attached hydrogen (secondary N) is 1. The standard InChI is InChI=1S/C20H24ClNO2/c1-14-13-20(23,10-11-22-14)19(16-4-3-5-17(21)12-16)15-6-8-18(24-2)9-7-15/h3-9,12,14,19,22-23H,10-11,13H2,1-2H3/t14-,19?,20+/m0/s1. The third-order valence-electron chi connectivity index (χ3n) is 4.88. The Bertz CT molecular complexity index is 688. The zero-order valence-corrected chi connectivity index (χ0v) is 14.9. The highest BCUT2D eigenvalue weighted by Gasteiger charge is 2.41. The van der Waals surface area contributed by atoms with E-state index in [0.29, 0.717) is 17.9 Å². The molecule has 1 unspecified atom stereocenters. The maximum atomic E-state index is 11.5. The molecule has 4 heteroatoms. The zero-order valence-electron chi connectivity index (χ0n) is 14.1. The molecule has 3 rings (SSSR count). The van der Waals surface area contributed by atoms with Crippen LogP contribution >= 0.6 is 11.6 Å². The fourth-order valence-corrected chi connectivity index (χ4v) is 4.00. The summed E-state index contributed by atoms with van der Waals surface area (Å²) in [5.41, 5.74) is 1.32. The van der Waals surface area contributed by atoms with Crippen LogP contribution in [0.3, 0.4) is 0 Å². The van der Waals surface area contributed by atoms with Gasteiger partial charge in [-0.05, 0) is 61.7 Å². The number of rotatable bonds is 4. The van der Waals surface area contributed by atoms with Crippen molar-refractivity contribution in [2.75, 3.05) is 13.7 Å². The molecule has 0 saturated carbocycles. The lowest BCUT2D eigenvalue weighted by Crippen LogP contribution is -2.50. The Labute approximate surface area is 148 Å². The van der Waals surface area contributed by atoms with Gasteiger partial charge in [-0.25, -0.2) is 0 Å². The van der Waals surface area contributed by atoms with Crippen molar-refractivity contribution in [2.24, 2.45) is 0 Å². The Morgan fingerprint density at radius 3 is 2.58 bits per heavy atom. The molecule has 3 atom stereocenters. The Morgan fingerprint density at radius 1 is 1.21 bits per heavy atom. The Kier molecular flexibility index (Phi) is 5.14.